The van der Waals surface area contributed by atoms with Gasteiger partial charge in [-0.05, 0) is 30.7 Å². The van der Waals surface area contributed by atoms with E-state index in [1.807, 2.05) is 13.0 Å². The van der Waals surface area contributed by atoms with Crippen LogP contribution in [-0.4, -0.2) is 24.0 Å². The van der Waals surface area contributed by atoms with Crippen molar-refractivity contribution in [3.63, 3.8) is 0 Å². The van der Waals surface area contributed by atoms with Crippen LogP contribution in [0.2, 0.25) is 0 Å². The number of ether oxygens (including phenoxy) is 1. The third-order valence-corrected chi connectivity index (χ3v) is 2.64. The summed E-state index contributed by atoms with van der Waals surface area (Å²) in [6.07, 6.45) is 0. The molecule has 5 nitrogen and oxygen atoms in total. The number of fused-ring (bicyclic) bond motifs is 1. The second kappa shape index (κ2) is 3.93. The maximum absolute atomic E-state index is 11.5. The number of primary amides is 1. The molecule has 0 fully saturated rings. The maximum Gasteiger partial charge on any atom is 0.338 e. The molecule has 1 aromatic carbocycles. The van der Waals surface area contributed by atoms with E-state index in [0.717, 1.165) is 10.9 Å². The van der Waals surface area contributed by atoms with Gasteiger partial charge in [-0.25, -0.2) is 4.79 Å². The highest BCUT2D eigenvalue weighted by Gasteiger charge is 2.13. The van der Waals surface area contributed by atoms with Gasteiger partial charge in [-0.2, -0.15) is 0 Å². The molecule has 5 heteroatoms. The normalized spacial score (nSPS) is 10.5. The average Bonchev–Trinajstić information content (AvgIpc) is 2.69. The van der Waals surface area contributed by atoms with Gasteiger partial charge < -0.3 is 15.5 Å². The summed E-state index contributed by atoms with van der Waals surface area (Å²) >= 11 is 0. The first kappa shape index (κ1) is 11.2. The molecule has 0 aliphatic carbocycles. The topological polar surface area (TPSA) is 85.2 Å². The summed E-state index contributed by atoms with van der Waals surface area (Å²) < 4.78 is 4.68. The van der Waals surface area contributed by atoms with Crippen molar-refractivity contribution in [2.24, 2.45) is 5.73 Å². The first-order valence-electron chi connectivity index (χ1n) is 5.04. The summed E-state index contributed by atoms with van der Waals surface area (Å²) in [5, 5.41) is 0.837. The number of H-pyrrole nitrogens is 1. The molecule has 0 atom stereocenters. The average molecular weight is 232 g/mol. The Bertz CT molecular complexity index is 613. The zero-order chi connectivity index (χ0) is 12.6. The van der Waals surface area contributed by atoms with Gasteiger partial charge >= 0.3 is 5.97 Å². The molecule has 0 saturated heterocycles. The Balaban J connectivity index is 2.63. The van der Waals surface area contributed by atoms with Gasteiger partial charge in [0.2, 0.25) is 0 Å². The predicted octanol–water partition coefficient (Wildman–Crippen LogP) is 1.36. The molecule has 3 N–H and O–H groups in total. The van der Waals surface area contributed by atoms with Crippen molar-refractivity contribution in [2.45, 2.75) is 6.92 Å². The number of methoxy groups -OCH3 is 1. The molecule has 0 radical (unpaired) electrons. The van der Waals surface area contributed by atoms with Gasteiger partial charge in [0, 0.05) is 10.9 Å². The fourth-order valence-electron chi connectivity index (χ4n) is 1.76. The molecule has 2 aromatic rings. The van der Waals surface area contributed by atoms with E-state index < -0.39 is 11.9 Å². The summed E-state index contributed by atoms with van der Waals surface area (Å²) in [6, 6.07) is 5.12. The largest absolute Gasteiger partial charge is 0.465 e. The van der Waals surface area contributed by atoms with Crippen molar-refractivity contribution in [3.8, 4) is 0 Å². The van der Waals surface area contributed by atoms with E-state index in [1.165, 1.54) is 7.11 Å². The van der Waals surface area contributed by atoms with Crippen molar-refractivity contribution in [2.75, 3.05) is 7.11 Å². The molecule has 17 heavy (non-hydrogen) atoms. The summed E-state index contributed by atoms with van der Waals surface area (Å²) in [5.41, 5.74) is 7.44. The molecule has 2 rings (SSSR count). The number of aryl methyl sites for hydroxylation is 1. The van der Waals surface area contributed by atoms with Crippen LogP contribution < -0.4 is 5.73 Å². The monoisotopic (exact) mass is 232 g/mol. The van der Waals surface area contributed by atoms with Crippen LogP contribution in [0.15, 0.2) is 18.2 Å². The minimum atomic E-state index is -0.529. The number of carbonyl (C=O) groups is 2. The molecule has 0 bridgehead atoms. The van der Waals surface area contributed by atoms with Crippen LogP contribution in [0.1, 0.15) is 26.4 Å². The molecule has 1 heterocycles. The van der Waals surface area contributed by atoms with Crippen molar-refractivity contribution >= 4 is 22.8 Å². The number of nitrogens with two attached hydrogens (primary N) is 1. The number of rotatable bonds is 2. The first-order valence-corrected chi connectivity index (χ1v) is 5.04. The lowest BCUT2D eigenvalue weighted by molar-refractivity contribution is 0.0600. The van der Waals surface area contributed by atoms with Gasteiger partial charge in [0.25, 0.3) is 5.91 Å². The molecule has 1 amide bonds. The molecule has 0 spiro atoms. The van der Waals surface area contributed by atoms with Crippen LogP contribution in [-0.2, 0) is 4.74 Å². The van der Waals surface area contributed by atoms with Crippen LogP contribution in [0.5, 0.6) is 0 Å². The summed E-state index contributed by atoms with van der Waals surface area (Å²) in [7, 11) is 1.33. The highest BCUT2D eigenvalue weighted by molar-refractivity contribution is 6.00. The SMILES string of the molecule is COC(=O)c1cc2[nH]c(C(N)=O)cc2cc1C. The van der Waals surface area contributed by atoms with E-state index in [4.69, 9.17) is 5.73 Å². The van der Waals surface area contributed by atoms with Crippen molar-refractivity contribution in [1.29, 1.82) is 0 Å². The summed E-state index contributed by atoms with van der Waals surface area (Å²) in [5.74, 6) is -0.932. The number of benzene rings is 1. The molecule has 0 aliphatic heterocycles. The molecular formula is C12H12N2O3. The number of hydrogen-bond acceptors (Lipinski definition) is 3. The minimum absolute atomic E-state index is 0.321. The van der Waals surface area contributed by atoms with Crippen molar-refractivity contribution < 1.29 is 14.3 Å². The summed E-state index contributed by atoms with van der Waals surface area (Å²) in [6.45, 7) is 1.81. The van der Waals surface area contributed by atoms with Gasteiger partial charge in [0.1, 0.15) is 5.69 Å². The standard InChI is InChI=1S/C12H12N2O3/c1-6-3-7-4-10(11(13)15)14-9(7)5-8(6)12(16)17-2/h3-5,14H,1-2H3,(H2,13,15). The van der Waals surface area contributed by atoms with Crippen LogP contribution in [0.3, 0.4) is 0 Å². The molecule has 1 aromatic heterocycles. The number of aromatic amines is 1. The Morgan fingerprint density at radius 3 is 2.59 bits per heavy atom. The van der Waals surface area contributed by atoms with Crippen molar-refractivity contribution in [3.05, 3.63) is 35.0 Å². The van der Waals surface area contributed by atoms with Crippen LogP contribution in [0.4, 0.5) is 0 Å². The van der Waals surface area contributed by atoms with E-state index >= 15 is 0 Å². The zero-order valence-corrected chi connectivity index (χ0v) is 9.53. The second-order valence-electron chi connectivity index (χ2n) is 3.79. The zero-order valence-electron chi connectivity index (χ0n) is 9.53. The number of nitrogens with one attached hydrogen (secondary N) is 1. The molecule has 88 valence electrons. The van der Waals surface area contributed by atoms with E-state index in [-0.39, 0.29) is 0 Å². The number of carbonyl (C=O) groups excluding carboxylic acids is 2. The van der Waals surface area contributed by atoms with Gasteiger partial charge in [-0.1, -0.05) is 0 Å². The van der Waals surface area contributed by atoms with Gasteiger partial charge in [0.05, 0.1) is 12.7 Å². The fourth-order valence-corrected chi connectivity index (χ4v) is 1.76. The van der Waals surface area contributed by atoms with Crippen molar-refractivity contribution in [1.82, 2.24) is 4.98 Å². The summed E-state index contributed by atoms with van der Waals surface area (Å²) in [4.78, 5) is 25.4. The van der Waals surface area contributed by atoms with Gasteiger partial charge in [-0.15, -0.1) is 0 Å². The second-order valence-corrected chi connectivity index (χ2v) is 3.79. The first-order chi connectivity index (χ1) is 8.02. The molecule has 0 unspecified atom stereocenters. The highest BCUT2D eigenvalue weighted by atomic mass is 16.5. The number of esters is 1. The Kier molecular flexibility index (Phi) is 2.59. The van der Waals surface area contributed by atoms with E-state index in [2.05, 4.69) is 9.72 Å². The predicted molar refractivity (Wildman–Crippen MR) is 62.9 cm³/mol. The smallest absolute Gasteiger partial charge is 0.338 e. The lowest BCUT2D eigenvalue weighted by Crippen LogP contribution is -2.10. The Labute approximate surface area is 97.6 Å². The lowest BCUT2D eigenvalue weighted by Gasteiger charge is -2.03. The molecule has 0 aliphatic rings. The maximum atomic E-state index is 11.5. The lowest BCUT2D eigenvalue weighted by atomic mass is 10.1. The number of aromatic nitrogens is 1. The quantitative estimate of drug-likeness (QED) is 0.766. The van der Waals surface area contributed by atoms with Crippen LogP contribution in [0.25, 0.3) is 10.9 Å². The third-order valence-electron chi connectivity index (χ3n) is 2.64. The van der Waals surface area contributed by atoms with Gasteiger partial charge in [-0.3, -0.25) is 4.79 Å². The van der Waals surface area contributed by atoms with Crippen LogP contribution in [0, 0.1) is 6.92 Å². The van der Waals surface area contributed by atoms with E-state index in [1.54, 1.807) is 12.1 Å². The van der Waals surface area contributed by atoms with E-state index in [9.17, 15) is 9.59 Å². The van der Waals surface area contributed by atoms with Gasteiger partial charge in [0.15, 0.2) is 0 Å². The van der Waals surface area contributed by atoms with E-state index in [0.29, 0.717) is 16.8 Å². The highest BCUT2D eigenvalue weighted by Crippen LogP contribution is 2.21. The Morgan fingerprint density at radius 2 is 2.00 bits per heavy atom. The molecule has 0 saturated carbocycles. The van der Waals surface area contributed by atoms with Crippen LogP contribution >= 0.6 is 0 Å². The Hall–Kier alpha value is -2.30. The third kappa shape index (κ3) is 1.87. The minimum Gasteiger partial charge on any atom is -0.465 e. The Morgan fingerprint density at radius 1 is 1.29 bits per heavy atom. The molecular weight excluding hydrogens is 220 g/mol. The number of amides is 1. The fraction of sp³-hybridized carbons (Fsp3) is 0.167. The number of hydrogen-bond donors (Lipinski definition) is 2.